The SMILES string of the molecule is O=C(NC1CCN(c2cnccn2)CC1)c1cnc2c(c1)ncn2C1CCCC1. The molecule has 0 radical (unpaired) electrons. The Morgan fingerprint density at radius 1 is 1.00 bits per heavy atom. The van der Waals surface area contributed by atoms with Gasteiger partial charge in [-0.1, -0.05) is 12.8 Å². The highest BCUT2D eigenvalue weighted by molar-refractivity contribution is 5.96. The molecular formula is C21H25N7O. The zero-order valence-electron chi connectivity index (χ0n) is 16.4. The molecule has 1 amide bonds. The van der Waals surface area contributed by atoms with Gasteiger partial charge in [0.2, 0.25) is 0 Å². The van der Waals surface area contributed by atoms with Crippen LogP contribution < -0.4 is 10.2 Å². The van der Waals surface area contributed by atoms with Gasteiger partial charge in [0.1, 0.15) is 11.3 Å². The van der Waals surface area contributed by atoms with E-state index in [1.54, 1.807) is 24.8 Å². The lowest BCUT2D eigenvalue weighted by Crippen LogP contribution is -2.45. The quantitative estimate of drug-likeness (QED) is 0.736. The largest absolute Gasteiger partial charge is 0.355 e. The first-order valence-corrected chi connectivity index (χ1v) is 10.4. The van der Waals surface area contributed by atoms with Crippen molar-refractivity contribution < 1.29 is 4.79 Å². The first kappa shape index (κ1) is 18.0. The highest BCUT2D eigenvalue weighted by Gasteiger charge is 2.23. The maximum Gasteiger partial charge on any atom is 0.253 e. The van der Waals surface area contributed by atoms with Crippen LogP contribution in [0.5, 0.6) is 0 Å². The molecule has 8 heteroatoms. The second-order valence-electron chi connectivity index (χ2n) is 7.96. The summed E-state index contributed by atoms with van der Waals surface area (Å²) in [7, 11) is 0. The van der Waals surface area contributed by atoms with Crippen LogP contribution in [0.25, 0.3) is 11.2 Å². The van der Waals surface area contributed by atoms with E-state index in [-0.39, 0.29) is 11.9 Å². The lowest BCUT2D eigenvalue weighted by atomic mass is 10.0. The molecule has 150 valence electrons. The maximum absolute atomic E-state index is 12.7. The number of carbonyl (C=O) groups excluding carboxylic acids is 1. The summed E-state index contributed by atoms with van der Waals surface area (Å²) < 4.78 is 2.17. The fraction of sp³-hybridized carbons (Fsp3) is 0.476. The zero-order chi connectivity index (χ0) is 19.6. The molecule has 1 N–H and O–H groups in total. The maximum atomic E-state index is 12.7. The number of nitrogens with zero attached hydrogens (tertiary/aromatic N) is 6. The first-order valence-electron chi connectivity index (χ1n) is 10.4. The van der Waals surface area contributed by atoms with Gasteiger partial charge in [0.25, 0.3) is 5.91 Å². The number of fused-ring (bicyclic) bond motifs is 1. The molecule has 0 aromatic carbocycles. The summed E-state index contributed by atoms with van der Waals surface area (Å²) in [4.78, 5) is 32.5. The topological polar surface area (TPSA) is 88.8 Å². The molecule has 5 rings (SSSR count). The van der Waals surface area contributed by atoms with E-state index in [4.69, 9.17) is 0 Å². The number of nitrogens with one attached hydrogen (secondary N) is 1. The fourth-order valence-electron chi connectivity index (χ4n) is 4.47. The molecule has 0 bridgehead atoms. The molecule has 3 aromatic heterocycles. The molecule has 8 nitrogen and oxygen atoms in total. The number of amides is 1. The Bertz CT molecular complexity index is 989. The van der Waals surface area contributed by atoms with Gasteiger partial charge < -0.3 is 14.8 Å². The predicted octanol–water partition coefficient (Wildman–Crippen LogP) is 2.74. The fourth-order valence-corrected chi connectivity index (χ4v) is 4.47. The summed E-state index contributed by atoms with van der Waals surface area (Å²) >= 11 is 0. The van der Waals surface area contributed by atoms with Gasteiger partial charge in [-0.25, -0.2) is 15.0 Å². The normalized spacial score (nSPS) is 18.4. The number of rotatable bonds is 4. The van der Waals surface area contributed by atoms with E-state index >= 15 is 0 Å². The Morgan fingerprint density at radius 3 is 2.59 bits per heavy atom. The monoisotopic (exact) mass is 391 g/mol. The number of hydrogen-bond acceptors (Lipinski definition) is 6. The highest BCUT2D eigenvalue weighted by Crippen LogP contribution is 2.31. The number of aromatic nitrogens is 5. The van der Waals surface area contributed by atoms with Crippen molar-refractivity contribution in [1.29, 1.82) is 0 Å². The molecule has 29 heavy (non-hydrogen) atoms. The lowest BCUT2D eigenvalue weighted by Gasteiger charge is -2.32. The zero-order valence-corrected chi connectivity index (χ0v) is 16.4. The summed E-state index contributed by atoms with van der Waals surface area (Å²) in [6.45, 7) is 1.71. The van der Waals surface area contributed by atoms with Gasteiger partial charge >= 0.3 is 0 Å². The average molecular weight is 391 g/mol. The number of pyridine rings is 1. The molecule has 0 atom stereocenters. The van der Waals surface area contributed by atoms with E-state index < -0.39 is 0 Å². The van der Waals surface area contributed by atoms with Gasteiger partial charge in [-0.05, 0) is 31.7 Å². The minimum Gasteiger partial charge on any atom is -0.355 e. The second-order valence-corrected chi connectivity index (χ2v) is 7.96. The molecule has 1 aliphatic heterocycles. The van der Waals surface area contributed by atoms with Crippen LogP contribution in [-0.2, 0) is 0 Å². The Balaban J connectivity index is 1.22. The van der Waals surface area contributed by atoms with Crippen molar-refractivity contribution in [2.45, 2.75) is 50.6 Å². The Kier molecular flexibility index (Phi) is 4.83. The third-order valence-electron chi connectivity index (χ3n) is 6.10. The van der Waals surface area contributed by atoms with Crippen molar-refractivity contribution >= 4 is 22.9 Å². The Hall–Kier alpha value is -3.03. The molecule has 0 spiro atoms. The number of hydrogen-bond donors (Lipinski definition) is 1. The Morgan fingerprint density at radius 2 is 1.83 bits per heavy atom. The van der Waals surface area contributed by atoms with Crippen LogP contribution in [0.1, 0.15) is 54.9 Å². The van der Waals surface area contributed by atoms with E-state index in [1.165, 1.54) is 25.7 Å². The van der Waals surface area contributed by atoms with Crippen LogP contribution in [0.4, 0.5) is 5.82 Å². The average Bonchev–Trinajstić information content (AvgIpc) is 3.44. The molecule has 0 unspecified atom stereocenters. The van der Waals surface area contributed by atoms with Gasteiger partial charge in [-0.3, -0.25) is 9.78 Å². The lowest BCUT2D eigenvalue weighted by molar-refractivity contribution is 0.0931. The molecule has 3 aromatic rings. The Labute approximate surface area is 169 Å². The molecule has 1 aliphatic carbocycles. The van der Waals surface area contributed by atoms with Gasteiger partial charge in [0, 0.05) is 43.8 Å². The number of carbonyl (C=O) groups is 1. The molecule has 2 fully saturated rings. The van der Waals surface area contributed by atoms with Gasteiger partial charge in [0.15, 0.2) is 5.65 Å². The third kappa shape index (κ3) is 3.66. The van der Waals surface area contributed by atoms with Gasteiger partial charge in [0.05, 0.1) is 18.1 Å². The van der Waals surface area contributed by atoms with Crippen LogP contribution in [-0.4, -0.2) is 49.5 Å². The molecular weight excluding hydrogens is 366 g/mol. The summed E-state index contributed by atoms with van der Waals surface area (Å²) in [6, 6.07) is 2.51. The van der Waals surface area contributed by atoms with Gasteiger partial charge in [-0.2, -0.15) is 0 Å². The van der Waals surface area contributed by atoms with E-state index in [0.717, 1.165) is 42.9 Å². The molecule has 2 aliphatic rings. The van der Waals surface area contributed by atoms with Crippen molar-refractivity contribution in [3.8, 4) is 0 Å². The molecule has 1 saturated carbocycles. The van der Waals surface area contributed by atoms with Crippen molar-refractivity contribution in [3.63, 3.8) is 0 Å². The number of imidazole rings is 1. The molecule has 4 heterocycles. The summed E-state index contributed by atoms with van der Waals surface area (Å²) in [5.41, 5.74) is 2.25. The van der Waals surface area contributed by atoms with E-state index in [2.05, 4.69) is 34.7 Å². The van der Waals surface area contributed by atoms with Crippen molar-refractivity contribution in [3.05, 3.63) is 42.7 Å². The predicted molar refractivity (Wildman–Crippen MR) is 110 cm³/mol. The van der Waals surface area contributed by atoms with Crippen LogP contribution in [0.3, 0.4) is 0 Å². The van der Waals surface area contributed by atoms with E-state index in [9.17, 15) is 4.79 Å². The first-order chi connectivity index (χ1) is 14.3. The minimum atomic E-state index is -0.0761. The van der Waals surface area contributed by atoms with Crippen LogP contribution in [0, 0.1) is 0 Å². The summed E-state index contributed by atoms with van der Waals surface area (Å²) in [5.74, 6) is 0.817. The van der Waals surface area contributed by atoms with E-state index in [1.807, 2.05) is 12.4 Å². The standard InChI is InChI=1S/C21H25N7O/c29-21(26-16-5-9-27(10-6-16)19-13-22-7-8-23-19)15-11-18-20(24-12-15)28(14-25-18)17-3-1-2-4-17/h7-8,11-14,16-17H,1-6,9-10H2,(H,26,29). The van der Waals surface area contributed by atoms with Crippen LogP contribution >= 0.6 is 0 Å². The number of anilines is 1. The number of piperidine rings is 1. The highest BCUT2D eigenvalue weighted by atomic mass is 16.1. The van der Waals surface area contributed by atoms with Crippen molar-refractivity contribution in [1.82, 2.24) is 29.8 Å². The van der Waals surface area contributed by atoms with Crippen LogP contribution in [0.15, 0.2) is 37.2 Å². The molecule has 1 saturated heterocycles. The minimum absolute atomic E-state index is 0.0761. The van der Waals surface area contributed by atoms with Crippen LogP contribution in [0.2, 0.25) is 0 Å². The second kappa shape index (κ2) is 7.77. The van der Waals surface area contributed by atoms with Crippen molar-refractivity contribution in [2.75, 3.05) is 18.0 Å². The summed E-state index contributed by atoms with van der Waals surface area (Å²) in [6.07, 6.45) is 15.4. The van der Waals surface area contributed by atoms with E-state index in [0.29, 0.717) is 11.6 Å². The smallest absolute Gasteiger partial charge is 0.253 e. The third-order valence-corrected chi connectivity index (χ3v) is 6.10. The van der Waals surface area contributed by atoms with Crippen molar-refractivity contribution in [2.24, 2.45) is 0 Å². The summed E-state index contributed by atoms with van der Waals surface area (Å²) in [5, 5.41) is 3.16. The van der Waals surface area contributed by atoms with Gasteiger partial charge in [-0.15, -0.1) is 0 Å².